The van der Waals surface area contributed by atoms with E-state index < -0.39 is 10.0 Å². The number of aryl methyl sites for hydroxylation is 1. The summed E-state index contributed by atoms with van der Waals surface area (Å²) < 4.78 is 27.7. The van der Waals surface area contributed by atoms with Crippen LogP contribution in [-0.2, 0) is 16.6 Å². The third-order valence-electron chi connectivity index (χ3n) is 3.06. The van der Waals surface area contributed by atoms with Gasteiger partial charge in [0.05, 0.1) is 11.4 Å². The van der Waals surface area contributed by atoms with Crippen LogP contribution in [0.3, 0.4) is 0 Å². The molecule has 1 fully saturated rings. The van der Waals surface area contributed by atoms with Crippen molar-refractivity contribution in [3.8, 4) is 0 Å². The Morgan fingerprint density at radius 3 is 2.95 bits per heavy atom. The molecule has 0 saturated carbocycles. The molecule has 0 amide bonds. The first kappa shape index (κ1) is 14.8. The summed E-state index contributed by atoms with van der Waals surface area (Å²) in [5.41, 5.74) is 1.12. The molecular weight excluding hydrogens is 284 g/mol. The van der Waals surface area contributed by atoms with Crippen LogP contribution in [0.4, 0.5) is 0 Å². The average molecular weight is 304 g/mol. The van der Waals surface area contributed by atoms with Gasteiger partial charge in [-0.25, -0.2) is 13.1 Å². The van der Waals surface area contributed by atoms with Crippen molar-refractivity contribution in [2.45, 2.75) is 37.2 Å². The van der Waals surface area contributed by atoms with Gasteiger partial charge in [-0.3, -0.25) is 5.10 Å². The van der Waals surface area contributed by atoms with Gasteiger partial charge in [-0.15, -0.1) is 0 Å². The topological polar surface area (TPSA) is 86.9 Å². The number of aromatic amines is 1. The zero-order chi connectivity index (χ0) is 13.9. The smallest absolute Gasteiger partial charge is 0.244 e. The van der Waals surface area contributed by atoms with Gasteiger partial charge in [-0.2, -0.15) is 16.9 Å². The first-order valence-electron chi connectivity index (χ1n) is 6.33. The van der Waals surface area contributed by atoms with Crippen molar-refractivity contribution >= 4 is 21.8 Å². The molecule has 0 aromatic carbocycles. The minimum absolute atomic E-state index is 0.0282. The number of hydrogen-bond donors (Lipinski definition) is 3. The van der Waals surface area contributed by atoms with E-state index in [9.17, 15) is 8.42 Å². The number of hydrogen-bond acceptors (Lipinski definition) is 5. The summed E-state index contributed by atoms with van der Waals surface area (Å²) in [4.78, 5) is 0.289. The Morgan fingerprint density at radius 2 is 2.32 bits per heavy atom. The van der Waals surface area contributed by atoms with E-state index in [1.165, 1.54) is 0 Å². The minimum atomic E-state index is -3.50. The first-order chi connectivity index (χ1) is 9.04. The fourth-order valence-electron chi connectivity index (χ4n) is 2.23. The molecule has 3 N–H and O–H groups in total. The molecule has 2 rings (SSSR count). The SMILES string of the molecule is CNCc1n[nH]c(C)c1S(=O)(=O)NC1CCCSC1. The van der Waals surface area contributed by atoms with E-state index in [0.717, 1.165) is 24.3 Å². The highest BCUT2D eigenvalue weighted by Gasteiger charge is 2.27. The minimum Gasteiger partial charge on any atom is -0.314 e. The van der Waals surface area contributed by atoms with Crippen LogP contribution in [0.5, 0.6) is 0 Å². The number of rotatable bonds is 5. The van der Waals surface area contributed by atoms with Crippen molar-refractivity contribution in [1.82, 2.24) is 20.2 Å². The van der Waals surface area contributed by atoms with E-state index in [2.05, 4.69) is 20.2 Å². The summed E-state index contributed by atoms with van der Waals surface area (Å²) in [6.45, 7) is 2.16. The number of H-pyrrole nitrogens is 1. The van der Waals surface area contributed by atoms with Gasteiger partial charge >= 0.3 is 0 Å². The second kappa shape index (κ2) is 6.25. The standard InChI is InChI=1S/C11H20N4O2S2/c1-8-11(10(6-12-2)14-13-8)19(16,17)15-9-4-3-5-18-7-9/h9,12,15H,3-7H2,1-2H3,(H,13,14). The molecule has 0 aliphatic carbocycles. The fraction of sp³-hybridized carbons (Fsp3) is 0.727. The first-order valence-corrected chi connectivity index (χ1v) is 8.97. The predicted octanol–water partition coefficient (Wildman–Crippen LogP) is 0.611. The van der Waals surface area contributed by atoms with Crippen LogP contribution in [-0.4, -0.2) is 43.2 Å². The van der Waals surface area contributed by atoms with E-state index >= 15 is 0 Å². The van der Waals surface area contributed by atoms with Crippen LogP contribution in [0, 0.1) is 6.92 Å². The maximum absolute atomic E-state index is 12.5. The molecule has 108 valence electrons. The lowest BCUT2D eigenvalue weighted by atomic mass is 10.2. The Morgan fingerprint density at radius 1 is 1.53 bits per heavy atom. The molecular formula is C11H20N4O2S2. The van der Waals surface area contributed by atoms with Gasteiger partial charge < -0.3 is 5.32 Å². The second-order valence-electron chi connectivity index (χ2n) is 4.69. The van der Waals surface area contributed by atoms with Crippen LogP contribution in [0.25, 0.3) is 0 Å². The summed E-state index contributed by atoms with van der Waals surface area (Å²) in [5, 5.41) is 9.74. The van der Waals surface area contributed by atoms with Crippen molar-refractivity contribution in [2.24, 2.45) is 0 Å². The van der Waals surface area contributed by atoms with Gasteiger partial charge in [0.2, 0.25) is 10.0 Å². The maximum atomic E-state index is 12.5. The van der Waals surface area contributed by atoms with Crippen LogP contribution in [0.15, 0.2) is 4.90 Å². The molecule has 1 aromatic heterocycles. The average Bonchev–Trinajstić information content (AvgIpc) is 2.72. The second-order valence-corrected chi connectivity index (χ2v) is 7.49. The van der Waals surface area contributed by atoms with E-state index in [1.807, 2.05) is 0 Å². The van der Waals surface area contributed by atoms with E-state index in [-0.39, 0.29) is 10.9 Å². The van der Waals surface area contributed by atoms with Gasteiger partial charge in [0, 0.05) is 18.3 Å². The molecule has 19 heavy (non-hydrogen) atoms. The third kappa shape index (κ3) is 3.50. The molecule has 6 nitrogen and oxygen atoms in total. The van der Waals surface area contributed by atoms with E-state index in [1.54, 1.807) is 25.7 Å². The quantitative estimate of drug-likeness (QED) is 0.742. The number of aromatic nitrogens is 2. The Bertz CT molecular complexity index is 521. The van der Waals surface area contributed by atoms with Crippen LogP contribution >= 0.6 is 11.8 Å². The normalized spacial score (nSPS) is 20.6. The number of nitrogens with zero attached hydrogens (tertiary/aromatic N) is 1. The summed E-state index contributed by atoms with van der Waals surface area (Å²) in [6, 6.07) is 0.0282. The zero-order valence-corrected chi connectivity index (χ0v) is 12.8. The summed E-state index contributed by atoms with van der Waals surface area (Å²) in [6.07, 6.45) is 1.97. The molecule has 1 aliphatic rings. The van der Waals surface area contributed by atoms with Crippen molar-refractivity contribution < 1.29 is 8.42 Å². The van der Waals surface area contributed by atoms with Gasteiger partial charge in [0.15, 0.2) is 0 Å². The Hall–Kier alpha value is -0.570. The highest BCUT2D eigenvalue weighted by molar-refractivity contribution is 7.99. The third-order valence-corrected chi connectivity index (χ3v) is 5.99. The highest BCUT2D eigenvalue weighted by Crippen LogP contribution is 2.22. The Kier molecular flexibility index (Phi) is 4.88. The molecule has 1 aliphatic heterocycles. The lowest BCUT2D eigenvalue weighted by Crippen LogP contribution is -2.38. The van der Waals surface area contributed by atoms with Crippen molar-refractivity contribution in [3.63, 3.8) is 0 Å². The summed E-state index contributed by atoms with van der Waals surface area (Å²) in [5.74, 6) is 1.96. The largest absolute Gasteiger partial charge is 0.314 e. The maximum Gasteiger partial charge on any atom is 0.244 e. The fourth-order valence-corrected chi connectivity index (χ4v) is 5.04. The molecule has 2 heterocycles. The molecule has 8 heteroatoms. The van der Waals surface area contributed by atoms with Crippen LogP contribution in [0.1, 0.15) is 24.2 Å². The van der Waals surface area contributed by atoms with Gasteiger partial charge in [-0.05, 0) is 32.6 Å². The lowest BCUT2D eigenvalue weighted by molar-refractivity contribution is 0.541. The number of thioether (sulfide) groups is 1. The lowest BCUT2D eigenvalue weighted by Gasteiger charge is -2.22. The molecule has 0 spiro atoms. The monoisotopic (exact) mass is 304 g/mol. The molecule has 1 unspecified atom stereocenters. The van der Waals surface area contributed by atoms with Crippen molar-refractivity contribution in [2.75, 3.05) is 18.6 Å². The van der Waals surface area contributed by atoms with Crippen molar-refractivity contribution in [3.05, 3.63) is 11.4 Å². The Balaban J connectivity index is 2.20. The molecule has 1 atom stereocenters. The number of sulfonamides is 1. The predicted molar refractivity (Wildman–Crippen MR) is 76.8 cm³/mol. The van der Waals surface area contributed by atoms with E-state index in [4.69, 9.17) is 0 Å². The molecule has 0 radical (unpaired) electrons. The summed E-state index contributed by atoms with van der Waals surface area (Å²) in [7, 11) is -1.73. The zero-order valence-electron chi connectivity index (χ0n) is 11.2. The molecule has 1 aromatic rings. The summed E-state index contributed by atoms with van der Waals surface area (Å²) >= 11 is 1.80. The molecule has 0 bridgehead atoms. The van der Waals surface area contributed by atoms with Gasteiger partial charge in [0.25, 0.3) is 0 Å². The van der Waals surface area contributed by atoms with Gasteiger partial charge in [-0.1, -0.05) is 0 Å². The highest BCUT2D eigenvalue weighted by atomic mass is 32.2. The van der Waals surface area contributed by atoms with Gasteiger partial charge in [0.1, 0.15) is 4.90 Å². The number of nitrogens with one attached hydrogen (secondary N) is 3. The van der Waals surface area contributed by atoms with Crippen LogP contribution < -0.4 is 10.0 Å². The molecule has 1 saturated heterocycles. The van der Waals surface area contributed by atoms with E-state index in [0.29, 0.717) is 17.9 Å². The van der Waals surface area contributed by atoms with Crippen molar-refractivity contribution in [1.29, 1.82) is 0 Å². The Labute approximate surface area is 118 Å². The van der Waals surface area contributed by atoms with Crippen LogP contribution in [0.2, 0.25) is 0 Å².